The molecule has 0 radical (unpaired) electrons. The highest BCUT2D eigenvalue weighted by Crippen LogP contribution is 2.08. The van der Waals surface area contributed by atoms with E-state index in [0.717, 1.165) is 9.39 Å². The van der Waals surface area contributed by atoms with Crippen LogP contribution in [-0.2, 0) is 16.0 Å². The Morgan fingerprint density at radius 1 is 1.92 bits per heavy atom. The number of halogens is 1. The van der Waals surface area contributed by atoms with Gasteiger partial charge in [-0.05, 0) is 22.6 Å². The average Bonchev–Trinajstić information content (AvgIpc) is 2.50. The number of carbonyl (C=O) groups excluding carboxylic acids is 1. The molecule has 1 unspecified atom stereocenters. The lowest BCUT2D eigenvalue weighted by Crippen LogP contribution is -2.33. The van der Waals surface area contributed by atoms with Gasteiger partial charge in [0.05, 0.1) is 19.1 Å². The summed E-state index contributed by atoms with van der Waals surface area (Å²) in [6.07, 6.45) is 1.99. The SMILES string of the molecule is COC(=O)C(N)Cc1[nH]cnc1I. The summed E-state index contributed by atoms with van der Waals surface area (Å²) in [7, 11) is 1.32. The maximum absolute atomic E-state index is 11.0. The summed E-state index contributed by atoms with van der Waals surface area (Å²) in [5.41, 5.74) is 6.42. The second kappa shape index (κ2) is 4.56. The van der Waals surface area contributed by atoms with E-state index in [-0.39, 0.29) is 0 Å². The summed E-state index contributed by atoms with van der Waals surface area (Å²) in [6.45, 7) is 0. The van der Waals surface area contributed by atoms with Crippen LogP contribution in [0.15, 0.2) is 6.33 Å². The number of nitrogens with one attached hydrogen (secondary N) is 1. The molecule has 0 aromatic carbocycles. The number of hydrogen-bond donors (Lipinski definition) is 2. The fourth-order valence-electron chi connectivity index (χ4n) is 0.902. The Morgan fingerprint density at radius 3 is 3.08 bits per heavy atom. The van der Waals surface area contributed by atoms with Crippen LogP contribution in [0.2, 0.25) is 0 Å². The fraction of sp³-hybridized carbons (Fsp3) is 0.429. The van der Waals surface area contributed by atoms with Gasteiger partial charge < -0.3 is 15.5 Å². The Balaban J connectivity index is 2.59. The molecule has 0 saturated carbocycles. The average molecular weight is 295 g/mol. The Bertz CT molecular complexity index is 300. The van der Waals surface area contributed by atoms with E-state index in [9.17, 15) is 4.79 Å². The molecule has 1 atom stereocenters. The quantitative estimate of drug-likeness (QED) is 0.610. The summed E-state index contributed by atoms with van der Waals surface area (Å²) >= 11 is 2.07. The first kappa shape index (κ1) is 10.5. The summed E-state index contributed by atoms with van der Waals surface area (Å²) in [6, 6.07) is -0.626. The zero-order valence-electron chi connectivity index (χ0n) is 7.08. The first-order chi connectivity index (χ1) is 6.15. The third kappa shape index (κ3) is 2.66. The highest BCUT2D eigenvalue weighted by molar-refractivity contribution is 14.1. The summed E-state index contributed by atoms with van der Waals surface area (Å²) < 4.78 is 5.33. The highest BCUT2D eigenvalue weighted by Gasteiger charge is 2.16. The molecule has 1 aromatic rings. The molecule has 3 N–H and O–H groups in total. The normalized spacial score (nSPS) is 12.5. The van der Waals surface area contributed by atoms with E-state index >= 15 is 0 Å². The number of nitrogens with zero attached hydrogens (tertiary/aromatic N) is 1. The van der Waals surface area contributed by atoms with Crippen LogP contribution in [0.4, 0.5) is 0 Å². The van der Waals surface area contributed by atoms with Gasteiger partial charge in [-0.1, -0.05) is 0 Å². The maximum atomic E-state index is 11.0. The summed E-state index contributed by atoms with van der Waals surface area (Å²) in [5, 5.41) is 0. The van der Waals surface area contributed by atoms with Gasteiger partial charge in [0.15, 0.2) is 0 Å². The van der Waals surface area contributed by atoms with Crippen LogP contribution in [0, 0.1) is 3.70 Å². The molecule has 0 aliphatic carbocycles. The van der Waals surface area contributed by atoms with E-state index in [1.165, 1.54) is 7.11 Å². The number of rotatable bonds is 3. The minimum Gasteiger partial charge on any atom is -0.468 e. The maximum Gasteiger partial charge on any atom is 0.323 e. The second-order valence-corrected chi connectivity index (χ2v) is 3.53. The van der Waals surface area contributed by atoms with Crippen LogP contribution in [0.3, 0.4) is 0 Å². The van der Waals surface area contributed by atoms with E-state index in [4.69, 9.17) is 5.73 Å². The number of esters is 1. The third-order valence-electron chi connectivity index (χ3n) is 1.59. The largest absolute Gasteiger partial charge is 0.468 e. The second-order valence-electron chi connectivity index (χ2n) is 2.51. The smallest absolute Gasteiger partial charge is 0.323 e. The number of aromatic amines is 1. The molecule has 72 valence electrons. The lowest BCUT2D eigenvalue weighted by molar-refractivity contribution is -0.142. The van der Waals surface area contributed by atoms with Gasteiger partial charge >= 0.3 is 5.97 Å². The van der Waals surface area contributed by atoms with Crippen molar-refractivity contribution in [2.45, 2.75) is 12.5 Å². The van der Waals surface area contributed by atoms with Crippen LogP contribution in [0.1, 0.15) is 5.69 Å². The van der Waals surface area contributed by atoms with Crippen LogP contribution in [0.5, 0.6) is 0 Å². The van der Waals surface area contributed by atoms with E-state index in [0.29, 0.717) is 6.42 Å². The van der Waals surface area contributed by atoms with Crippen LogP contribution >= 0.6 is 22.6 Å². The number of aromatic nitrogens is 2. The minimum absolute atomic E-state index is 0.412. The van der Waals surface area contributed by atoms with E-state index in [1.807, 2.05) is 0 Å². The molecule has 0 amide bonds. The molecule has 6 heteroatoms. The van der Waals surface area contributed by atoms with E-state index < -0.39 is 12.0 Å². The van der Waals surface area contributed by atoms with Gasteiger partial charge in [0.1, 0.15) is 9.74 Å². The van der Waals surface area contributed by atoms with Crippen LogP contribution < -0.4 is 5.73 Å². The number of ether oxygens (including phenoxy) is 1. The Morgan fingerprint density at radius 2 is 2.62 bits per heavy atom. The van der Waals surface area contributed by atoms with Gasteiger partial charge in [-0.2, -0.15) is 0 Å². The minimum atomic E-state index is -0.626. The summed E-state index contributed by atoms with van der Waals surface area (Å²) in [4.78, 5) is 17.9. The molecular formula is C7H10IN3O2. The Labute approximate surface area is 89.2 Å². The van der Waals surface area contributed by atoms with E-state index in [1.54, 1.807) is 6.33 Å². The molecule has 1 rings (SSSR count). The topological polar surface area (TPSA) is 81.0 Å². The number of carbonyl (C=O) groups is 1. The first-order valence-corrected chi connectivity index (χ1v) is 4.74. The molecule has 0 fully saturated rings. The standard InChI is InChI=1S/C7H10IN3O2/c1-13-7(12)4(9)2-5-6(8)11-3-10-5/h3-4H,2,9H2,1H3,(H,10,11). The number of H-pyrrole nitrogens is 1. The highest BCUT2D eigenvalue weighted by atomic mass is 127. The molecule has 5 nitrogen and oxygen atoms in total. The molecule has 1 heterocycles. The van der Waals surface area contributed by atoms with Crippen LogP contribution in [-0.4, -0.2) is 29.1 Å². The lowest BCUT2D eigenvalue weighted by Gasteiger charge is -2.07. The molecule has 0 aliphatic rings. The van der Waals surface area contributed by atoms with E-state index in [2.05, 4.69) is 37.3 Å². The molecule has 1 aromatic heterocycles. The van der Waals surface area contributed by atoms with Gasteiger partial charge in [-0.15, -0.1) is 0 Å². The van der Waals surface area contributed by atoms with Gasteiger partial charge in [-0.25, -0.2) is 4.98 Å². The predicted molar refractivity (Wildman–Crippen MR) is 55.0 cm³/mol. The number of nitrogens with two attached hydrogens (primary N) is 1. The monoisotopic (exact) mass is 295 g/mol. The molecule has 0 bridgehead atoms. The van der Waals surface area contributed by atoms with Crippen molar-refractivity contribution in [3.05, 3.63) is 15.7 Å². The third-order valence-corrected chi connectivity index (χ3v) is 2.52. The van der Waals surface area contributed by atoms with Gasteiger partial charge in [0, 0.05) is 6.42 Å². The van der Waals surface area contributed by atoms with Crippen molar-refractivity contribution in [3.8, 4) is 0 Å². The van der Waals surface area contributed by atoms with Crippen molar-refractivity contribution in [2.75, 3.05) is 7.11 Å². The van der Waals surface area contributed by atoms with Crippen molar-refractivity contribution >= 4 is 28.6 Å². The number of imidazole rings is 1. The molecule has 0 aliphatic heterocycles. The Hall–Kier alpha value is -0.630. The van der Waals surface area contributed by atoms with Crippen molar-refractivity contribution in [2.24, 2.45) is 5.73 Å². The predicted octanol–water partition coefficient (Wildman–Crippen LogP) is 0.0571. The number of methoxy groups -OCH3 is 1. The van der Waals surface area contributed by atoms with Gasteiger partial charge in [0.2, 0.25) is 0 Å². The van der Waals surface area contributed by atoms with Gasteiger partial charge in [0.25, 0.3) is 0 Å². The lowest BCUT2D eigenvalue weighted by atomic mass is 10.2. The fourth-order valence-corrected chi connectivity index (χ4v) is 1.42. The van der Waals surface area contributed by atoms with Crippen molar-refractivity contribution in [1.29, 1.82) is 0 Å². The number of hydrogen-bond acceptors (Lipinski definition) is 4. The van der Waals surface area contributed by atoms with Crippen molar-refractivity contribution < 1.29 is 9.53 Å². The van der Waals surface area contributed by atoms with Crippen LogP contribution in [0.25, 0.3) is 0 Å². The molecule has 0 saturated heterocycles. The van der Waals surface area contributed by atoms with Crippen molar-refractivity contribution in [1.82, 2.24) is 9.97 Å². The van der Waals surface area contributed by atoms with Crippen molar-refractivity contribution in [3.63, 3.8) is 0 Å². The van der Waals surface area contributed by atoms with Gasteiger partial charge in [-0.3, -0.25) is 4.79 Å². The molecule has 0 spiro atoms. The zero-order valence-corrected chi connectivity index (χ0v) is 9.24. The molecular weight excluding hydrogens is 285 g/mol. The zero-order chi connectivity index (χ0) is 9.84. The Kier molecular flexibility index (Phi) is 3.67. The summed E-state index contributed by atoms with van der Waals surface area (Å²) in [5.74, 6) is -0.412. The molecule has 13 heavy (non-hydrogen) atoms. The first-order valence-electron chi connectivity index (χ1n) is 3.66.